The van der Waals surface area contributed by atoms with Crippen molar-refractivity contribution in [2.24, 2.45) is 0 Å². The maximum absolute atomic E-state index is 5.39. The number of H-pyrrole nitrogens is 2. The van der Waals surface area contributed by atoms with Gasteiger partial charge in [0.15, 0.2) is 5.82 Å². The number of fused-ring (bicyclic) bond motifs is 1. The fourth-order valence-electron chi connectivity index (χ4n) is 2.69. The second-order valence-electron chi connectivity index (χ2n) is 5.30. The molecule has 0 atom stereocenters. The van der Waals surface area contributed by atoms with E-state index in [2.05, 4.69) is 43.3 Å². The van der Waals surface area contributed by atoms with Crippen LogP contribution in [0.2, 0.25) is 0 Å². The summed E-state index contributed by atoms with van der Waals surface area (Å²) in [7, 11) is 0. The monoisotopic (exact) mass is 283 g/mol. The van der Waals surface area contributed by atoms with Crippen LogP contribution in [0.25, 0.3) is 22.6 Å². The van der Waals surface area contributed by atoms with E-state index in [0.29, 0.717) is 0 Å². The summed E-state index contributed by atoms with van der Waals surface area (Å²) in [5.41, 5.74) is 4.24. The third kappa shape index (κ3) is 2.55. The lowest BCUT2D eigenvalue weighted by molar-refractivity contribution is 0.0342. The van der Waals surface area contributed by atoms with Gasteiger partial charge in [-0.25, -0.2) is 4.98 Å². The van der Waals surface area contributed by atoms with Crippen LogP contribution in [-0.4, -0.2) is 51.4 Å². The average Bonchev–Trinajstić information content (AvgIpc) is 3.17. The van der Waals surface area contributed by atoms with Gasteiger partial charge in [-0.05, 0) is 23.8 Å². The zero-order valence-corrected chi connectivity index (χ0v) is 11.7. The smallest absolute Gasteiger partial charge is 0.156 e. The normalized spacial score (nSPS) is 16.6. The van der Waals surface area contributed by atoms with Gasteiger partial charge in [-0.15, -0.1) is 0 Å². The Balaban J connectivity index is 1.60. The number of rotatable bonds is 3. The lowest BCUT2D eigenvalue weighted by atomic mass is 10.2. The molecule has 1 aromatic carbocycles. The van der Waals surface area contributed by atoms with Crippen molar-refractivity contribution >= 4 is 11.0 Å². The predicted octanol–water partition coefficient (Wildman–Crippen LogP) is 1.79. The van der Waals surface area contributed by atoms with Crippen LogP contribution in [0.15, 0.2) is 30.5 Å². The molecule has 0 unspecified atom stereocenters. The Labute approximate surface area is 122 Å². The first-order chi connectivity index (χ1) is 10.4. The zero-order valence-electron chi connectivity index (χ0n) is 11.7. The Kier molecular flexibility index (Phi) is 3.17. The van der Waals surface area contributed by atoms with Gasteiger partial charge in [0.05, 0.1) is 24.2 Å². The first-order valence-corrected chi connectivity index (χ1v) is 7.17. The second-order valence-corrected chi connectivity index (χ2v) is 5.30. The van der Waals surface area contributed by atoms with E-state index in [1.54, 1.807) is 6.20 Å². The van der Waals surface area contributed by atoms with E-state index in [-0.39, 0.29) is 0 Å². The van der Waals surface area contributed by atoms with E-state index < -0.39 is 0 Å². The predicted molar refractivity (Wildman–Crippen MR) is 79.8 cm³/mol. The van der Waals surface area contributed by atoms with Gasteiger partial charge < -0.3 is 9.72 Å². The molecule has 0 amide bonds. The Morgan fingerprint density at radius 2 is 2.10 bits per heavy atom. The first kappa shape index (κ1) is 12.6. The number of aromatic amines is 2. The van der Waals surface area contributed by atoms with Crippen LogP contribution in [-0.2, 0) is 11.3 Å². The minimum atomic E-state index is 0.825. The summed E-state index contributed by atoms with van der Waals surface area (Å²) >= 11 is 0. The average molecular weight is 283 g/mol. The minimum absolute atomic E-state index is 0.825. The summed E-state index contributed by atoms with van der Waals surface area (Å²) in [5.74, 6) is 0.825. The van der Waals surface area contributed by atoms with Crippen molar-refractivity contribution < 1.29 is 4.74 Å². The topological polar surface area (TPSA) is 69.8 Å². The molecule has 2 aromatic heterocycles. The van der Waals surface area contributed by atoms with E-state index >= 15 is 0 Å². The van der Waals surface area contributed by atoms with Crippen molar-refractivity contribution in [3.8, 4) is 11.5 Å². The van der Waals surface area contributed by atoms with Gasteiger partial charge in [0.25, 0.3) is 0 Å². The number of aromatic nitrogens is 4. The number of imidazole rings is 1. The highest BCUT2D eigenvalue weighted by Gasteiger charge is 2.12. The van der Waals surface area contributed by atoms with Gasteiger partial charge in [-0.1, -0.05) is 6.07 Å². The molecule has 6 heteroatoms. The maximum Gasteiger partial charge on any atom is 0.156 e. The molecule has 0 saturated carbocycles. The summed E-state index contributed by atoms with van der Waals surface area (Å²) in [5, 5.41) is 6.89. The zero-order chi connectivity index (χ0) is 14.1. The maximum atomic E-state index is 5.39. The molecule has 1 aliphatic heterocycles. The lowest BCUT2D eigenvalue weighted by Gasteiger charge is -2.26. The molecular formula is C15H17N5O. The van der Waals surface area contributed by atoms with Crippen LogP contribution in [0.5, 0.6) is 0 Å². The molecule has 0 spiro atoms. The molecule has 6 nitrogen and oxygen atoms in total. The first-order valence-electron chi connectivity index (χ1n) is 7.17. The van der Waals surface area contributed by atoms with Gasteiger partial charge in [0.1, 0.15) is 5.69 Å². The Morgan fingerprint density at radius 1 is 1.19 bits per heavy atom. The van der Waals surface area contributed by atoms with Crippen molar-refractivity contribution in [3.63, 3.8) is 0 Å². The molecular weight excluding hydrogens is 266 g/mol. The Hall–Kier alpha value is -2.18. The molecule has 1 fully saturated rings. The second kappa shape index (κ2) is 5.31. The summed E-state index contributed by atoms with van der Waals surface area (Å²) in [4.78, 5) is 10.3. The number of hydrogen-bond donors (Lipinski definition) is 2. The third-order valence-electron chi connectivity index (χ3n) is 3.81. The van der Waals surface area contributed by atoms with E-state index in [0.717, 1.165) is 55.4 Å². The highest BCUT2D eigenvalue weighted by molar-refractivity contribution is 5.79. The van der Waals surface area contributed by atoms with E-state index in [9.17, 15) is 0 Å². The van der Waals surface area contributed by atoms with E-state index in [1.165, 1.54) is 5.56 Å². The number of morpholine rings is 1. The number of benzene rings is 1. The quantitative estimate of drug-likeness (QED) is 0.769. The molecule has 0 bridgehead atoms. The van der Waals surface area contributed by atoms with Crippen LogP contribution in [0.1, 0.15) is 5.56 Å². The summed E-state index contributed by atoms with van der Waals surface area (Å²) in [6.45, 7) is 4.62. The van der Waals surface area contributed by atoms with Gasteiger partial charge in [0, 0.05) is 25.8 Å². The van der Waals surface area contributed by atoms with Gasteiger partial charge >= 0.3 is 0 Å². The standard InChI is InChI=1S/C15H17N5O/c1-2-12-14(18-15(17-12)13-3-4-16-19-13)9-11(1)10-20-5-7-21-8-6-20/h1-4,9H,5-8,10H2,(H,16,19)(H,17,18). The van der Waals surface area contributed by atoms with Crippen LogP contribution in [0, 0.1) is 0 Å². The summed E-state index contributed by atoms with van der Waals surface area (Å²) < 4.78 is 5.39. The highest BCUT2D eigenvalue weighted by Crippen LogP contribution is 2.20. The van der Waals surface area contributed by atoms with Crippen LogP contribution in [0.4, 0.5) is 0 Å². The van der Waals surface area contributed by atoms with Crippen molar-refractivity contribution in [1.29, 1.82) is 0 Å². The largest absolute Gasteiger partial charge is 0.379 e. The molecule has 21 heavy (non-hydrogen) atoms. The van der Waals surface area contributed by atoms with Crippen LogP contribution < -0.4 is 0 Å². The molecule has 0 aliphatic carbocycles. The molecule has 2 N–H and O–H groups in total. The Bertz CT molecular complexity index is 728. The fraction of sp³-hybridized carbons (Fsp3) is 0.333. The number of nitrogens with zero attached hydrogens (tertiary/aromatic N) is 3. The summed E-state index contributed by atoms with van der Waals surface area (Å²) in [6.07, 6.45) is 1.73. The minimum Gasteiger partial charge on any atom is -0.379 e. The molecule has 3 heterocycles. The van der Waals surface area contributed by atoms with Crippen molar-refractivity contribution in [2.75, 3.05) is 26.3 Å². The van der Waals surface area contributed by atoms with Crippen LogP contribution >= 0.6 is 0 Å². The number of ether oxygens (including phenoxy) is 1. The van der Waals surface area contributed by atoms with E-state index in [1.807, 2.05) is 6.07 Å². The third-order valence-corrected chi connectivity index (χ3v) is 3.81. The Morgan fingerprint density at radius 3 is 2.90 bits per heavy atom. The highest BCUT2D eigenvalue weighted by atomic mass is 16.5. The number of hydrogen-bond acceptors (Lipinski definition) is 4. The molecule has 3 aromatic rings. The van der Waals surface area contributed by atoms with Gasteiger partial charge in [-0.3, -0.25) is 10.00 Å². The fourth-order valence-corrected chi connectivity index (χ4v) is 2.69. The van der Waals surface area contributed by atoms with Gasteiger partial charge in [-0.2, -0.15) is 5.10 Å². The van der Waals surface area contributed by atoms with Crippen LogP contribution in [0.3, 0.4) is 0 Å². The molecule has 0 radical (unpaired) electrons. The van der Waals surface area contributed by atoms with Crippen molar-refractivity contribution in [1.82, 2.24) is 25.1 Å². The molecule has 1 saturated heterocycles. The molecule has 4 rings (SSSR count). The molecule has 108 valence electrons. The van der Waals surface area contributed by atoms with E-state index in [4.69, 9.17) is 4.74 Å². The van der Waals surface area contributed by atoms with Crippen molar-refractivity contribution in [2.45, 2.75) is 6.54 Å². The van der Waals surface area contributed by atoms with Gasteiger partial charge in [0.2, 0.25) is 0 Å². The SMILES string of the molecule is c1cc(-c2nc3ccc(CN4CCOCC4)cc3[nH]2)[nH]n1. The lowest BCUT2D eigenvalue weighted by Crippen LogP contribution is -2.35. The molecule has 1 aliphatic rings. The summed E-state index contributed by atoms with van der Waals surface area (Å²) in [6, 6.07) is 8.31. The van der Waals surface area contributed by atoms with Crippen molar-refractivity contribution in [3.05, 3.63) is 36.0 Å². The number of nitrogens with one attached hydrogen (secondary N) is 2.